The molecule has 0 saturated carbocycles. The largest absolute Gasteiger partial charge is 0.496 e. The van der Waals surface area contributed by atoms with Crippen molar-refractivity contribution in [2.24, 2.45) is 4.99 Å². The molecule has 1 aromatic heterocycles. The summed E-state index contributed by atoms with van der Waals surface area (Å²) >= 11 is 0. The summed E-state index contributed by atoms with van der Waals surface area (Å²) in [5, 5.41) is 6.35. The van der Waals surface area contributed by atoms with Crippen molar-refractivity contribution in [3.8, 4) is 5.75 Å². The minimum Gasteiger partial charge on any atom is -0.496 e. The highest BCUT2D eigenvalue weighted by Gasteiger charge is 2.15. The van der Waals surface area contributed by atoms with Crippen LogP contribution in [-0.2, 0) is 17.8 Å². The molecule has 0 bridgehead atoms. The van der Waals surface area contributed by atoms with Crippen LogP contribution in [0.2, 0.25) is 0 Å². The van der Waals surface area contributed by atoms with Gasteiger partial charge in [0.15, 0.2) is 5.96 Å². The minimum absolute atomic E-state index is 0. The van der Waals surface area contributed by atoms with Crippen LogP contribution in [0.1, 0.15) is 27.4 Å². The monoisotopic (exact) mass is 473 g/mol. The molecular formula is C18H24IN3O4. The number of ether oxygens (including phenoxy) is 2. The van der Waals surface area contributed by atoms with Gasteiger partial charge in [-0.1, -0.05) is 18.2 Å². The molecule has 1 aromatic carbocycles. The third-order valence-electron chi connectivity index (χ3n) is 3.67. The van der Waals surface area contributed by atoms with Crippen molar-refractivity contribution in [2.75, 3.05) is 21.3 Å². The summed E-state index contributed by atoms with van der Waals surface area (Å²) in [4.78, 5) is 15.8. The summed E-state index contributed by atoms with van der Waals surface area (Å²) in [5.74, 6) is 2.17. The van der Waals surface area contributed by atoms with Gasteiger partial charge >= 0.3 is 5.97 Å². The van der Waals surface area contributed by atoms with Crippen molar-refractivity contribution < 1.29 is 18.7 Å². The number of rotatable bonds is 6. The van der Waals surface area contributed by atoms with E-state index in [9.17, 15) is 4.79 Å². The van der Waals surface area contributed by atoms with Crippen LogP contribution >= 0.6 is 24.0 Å². The van der Waals surface area contributed by atoms with Crippen LogP contribution in [-0.4, -0.2) is 33.2 Å². The lowest BCUT2D eigenvalue weighted by Crippen LogP contribution is -2.36. The number of aryl methyl sites for hydroxylation is 1. The van der Waals surface area contributed by atoms with E-state index in [1.54, 1.807) is 27.1 Å². The highest BCUT2D eigenvalue weighted by Crippen LogP contribution is 2.17. The van der Waals surface area contributed by atoms with Gasteiger partial charge in [0.05, 0.1) is 20.8 Å². The molecule has 2 rings (SSSR count). The fraction of sp³-hybridized carbons (Fsp3) is 0.333. The number of aliphatic imine (C=N–C) groups is 1. The molecule has 7 nitrogen and oxygen atoms in total. The number of carbonyl (C=O) groups excluding carboxylic acids is 1. The molecule has 0 aliphatic heterocycles. The van der Waals surface area contributed by atoms with Crippen molar-refractivity contribution in [2.45, 2.75) is 20.0 Å². The van der Waals surface area contributed by atoms with Gasteiger partial charge in [-0.2, -0.15) is 0 Å². The number of hydrogen-bond donors (Lipinski definition) is 2. The second-order valence-corrected chi connectivity index (χ2v) is 5.27. The highest BCUT2D eigenvalue weighted by molar-refractivity contribution is 14.0. The number of furan rings is 1. The number of para-hydroxylation sites is 1. The number of esters is 1. The molecule has 0 unspecified atom stereocenters. The van der Waals surface area contributed by atoms with Gasteiger partial charge in [0.2, 0.25) is 0 Å². The topological polar surface area (TPSA) is 85.1 Å². The second-order valence-electron chi connectivity index (χ2n) is 5.27. The van der Waals surface area contributed by atoms with Crippen molar-refractivity contribution >= 4 is 35.9 Å². The zero-order valence-corrected chi connectivity index (χ0v) is 17.6. The van der Waals surface area contributed by atoms with E-state index in [1.807, 2.05) is 24.3 Å². The smallest absolute Gasteiger partial charge is 0.341 e. The first-order valence-electron chi connectivity index (χ1n) is 7.83. The normalized spacial score (nSPS) is 10.7. The average Bonchev–Trinajstić information content (AvgIpc) is 3.02. The standard InChI is InChI=1S/C18H23N3O4.HI/c1-12-15(17(22)24-4)9-14(25-12)11-21-18(19-2)20-10-13-7-5-6-8-16(13)23-3;/h5-9H,10-11H2,1-4H3,(H2,19,20,21);1H. The Morgan fingerprint density at radius 2 is 1.88 bits per heavy atom. The molecule has 0 aliphatic carbocycles. The molecule has 2 N–H and O–H groups in total. The summed E-state index contributed by atoms with van der Waals surface area (Å²) in [6.07, 6.45) is 0. The quantitative estimate of drug-likeness (QED) is 0.291. The van der Waals surface area contributed by atoms with Crippen LogP contribution in [0.5, 0.6) is 5.75 Å². The van der Waals surface area contributed by atoms with Crippen molar-refractivity contribution in [3.05, 3.63) is 53.0 Å². The van der Waals surface area contributed by atoms with E-state index in [4.69, 9.17) is 13.9 Å². The van der Waals surface area contributed by atoms with E-state index >= 15 is 0 Å². The van der Waals surface area contributed by atoms with Crippen LogP contribution in [0.25, 0.3) is 0 Å². The lowest BCUT2D eigenvalue weighted by molar-refractivity contribution is 0.0599. The maximum absolute atomic E-state index is 11.6. The van der Waals surface area contributed by atoms with E-state index in [2.05, 4.69) is 15.6 Å². The fourth-order valence-corrected chi connectivity index (χ4v) is 2.36. The number of carbonyl (C=O) groups is 1. The van der Waals surface area contributed by atoms with Crippen molar-refractivity contribution in [3.63, 3.8) is 0 Å². The van der Waals surface area contributed by atoms with E-state index < -0.39 is 5.97 Å². The van der Waals surface area contributed by atoms with Crippen LogP contribution in [0.15, 0.2) is 39.7 Å². The van der Waals surface area contributed by atoms with E-state index in [-0.39, 0.29) is 24.0 Å². The maximum Gasteiger partial charge on any atom is 0.341 e. The van der Waals surface area contributed by atoms with E-state index in [0.29, 0.717) is 36.1 Å². The van der Waals surface area contributed by atoms with Crippen LogP contribution in [0, 0.1) is 6.92 Å². The first kappa shape index (κ1) is 21.8. The Bertz CT molecular complexity index is 759. The fourth-order valence-electron chi connectivity index (χ4n) is 2.36. The van der Waals surface area contributed by atoms with Gasteiger partial charge in [-0.15, -0.1) is 24.0 Å². The summed E-state index contributed by atoms with van der Waals surface area (Å²) in [7, 11) is 4.67. The first-order chi connectivity index (χ1) is 12.1. The Labute approximate surface area is 170 Å². The number of hydrogen-bond acceptors (Lipinski definition) is 5. The van der Waals surface area contributed by atoms with Crippen molar-refractivity contribution in [1.29, 1.82) is 0 Å². The van der Waals surface area contributed by atoms with Crippen LogP contribution in [0.3, 0.4) is 0 Å². The number of nitrogens with one attached hydrogen (secondary N) is 2. The number of nitrogens with zero attached hydrogens (tertiary/aromatic N) is 1. The molecule has 0 amide bonds. The van der Waals surface area contributed by atoms with E-state index in [1.165, 1.54) is 7.11 Å². The molecule has 26 heavy (non-hydrogen) atoms. The molecule has 8 heteroatoms. The van der Waals surface area contributed by atoms with Gasteiger partial charge in [0.25, 0.3) is 0 Å². The zero-order valence-electron chi connectivity index (χ0n) is 15.3. The predicted molar refractivity (Wildman–Crippen MR) is 110 cm³/mol. The van der Waals surface area contributed by atoms with Crippen LogP contribution < -0.4 is 15.4 Å². The number of benzene rings is 1. The Kier molecular flexibility index (Phi) is 8.97. The third kappa shape index (κ3) is 5.65. The van der Waals surface area contributed by atoms with Gasteiger partial charge in [0.1, 0.15) is 22.8 Å². The van der Waals surface area contributed by atoms with Gasteiger partial charge < -0.3 is 24.5 Å². The molecule has 0 saturated heterocycles. The molecule has 0 radical (unpaired) electrons. The number of guanidine groups is 1. The average molecular weight is 473 g/mol. The molecule has 0 spiro atoms. The summed E-state index contributed by atoms with van der Waals surface area (Å²) in [6, 6.07) is 9.44. The summed E-state index contributed by atoms with van der Waals surface area (Å²) < 4.78 is 15.6. The minimum atomic E-state index is -0.411. The Balaban J connectivity index is 0.00000338. The highest BCUT2D eigenvalue weighted by atomic mass is 127. The van der Waals surface area contributed by atoms with Gasteiger partial charge in [0, 0.05) is 19.2 Å². The Morgan fingerprint density at radius 1 is 1.19 bits per heavy atom. The van der Waals surface area contributed by atoms with Gasteiger partial charge in [-0.3, -0.25) is 4.99 Å². The first-order valence-corrected chi connectivity index (χ1v) is 7.83. The Hall–Kier alpha value is -2.23. The number of methoxy groups -OCH3 is 2. The third-order valence-corrected chi connectivity index (χ3v) is 3.67. The SMILES string of the molecule is CN=C(NCc1cc(C(=O)OC)c(C)o1)NCc1ccccc1OC.I. The van der Waals surface area contributed by atoms with Crippen LogP contribution in [0.4, 0.5) is 0 Å². The molecule has 142 valence electrons. The molecular weight excluding hydrogens is 449 g/mol. The lowest BCUT2D eigenvalue weighted by atomic mass is 10.2. The summed E-state index contributed by atoms with van der Waals surface area (Å²) in [6.45, 7) is 2.68. The molecule has 1 heterocycles. The molecule has 0 atom stereocenters. The van der Waals surface area contributed by atoms with E-state index in [0.717, 1.165) is 11.3 Å². The van der Waals surface area contributed by atoms with Gasteiger partial charge in [-0.25, -0.2) is 4.79 Å². The lowest BCUT2D eigenvalue weighted by Gasteiger charge is -2.13. The molecule has 0 aliphatic rings. The maximum atomic E-state index is 11.6. The molecule has 0 fully saturated rings. The summed E-state index contributed by atoms with van der Waals surface area (Å²) in [5.41, 5.74) is 1.45. The van der Waals surface area contributed by atoms with Crippen molar-refractivity contribution in [1.82, 2.24) is 10.6 Å². The molecule has 2 aromatic rings. The number of halogens is 1. The zero-order chi connectivity index (χ0) is 18.2. The van der Waals surface area contributed by atoms with Gasteiger partial charge in [-0.05, 0) is 19.1 Å². The second kappa shape index (κ2) is 10.7. The Morgan fingerprint density at radius 3 is 2.54 bits per heavy atom. The predicted octanol–water partition coefficient (Wildman–Crippen LogP) is 2.87.